The van der Waals surface area contributed by atoms with Crippen molar-refractivity contribution in [3.8, 4) is 0 Å². The topological polar surface area (TPSA) is 72.2 Å². The molecule has 3 unspecified atom stereocenters. The summed E-state index contributed by atoms with van der Waals surface area (Å²) in [5.41, 5.74) is 0.630. The van der Waals surface area contributed by atoms with Gasteiger partial charge in [-0.2, -0.15) is 0 Å². The minimum Gasteiger partial charge on any atom is -0.384 e. The van der Waals surface area contributed by atoms with E-state index in [0.29, 0.717) is 22.5 Å². The van der Waals surface area contributed by atoms with E-state index < -0.39 is 10.0 Å². The Morgan fingerprint density at radius 2 is 2.10 bits per heavy atom. The van der Waals surface area contributed by atoms with Crippen LogP contribution in [0.15, 0.2) is 35.2 Å². The fourth-order valence-electron chi connectivity index (χ4n) is 3.19. The van der Waals surface area contributed by atoms with Crippen molar-refractivity contribution in [2.45, 2.75) is 17.7 Å². The predicted molar refractivity (Wildman–Crippen MR) is 80.2 cm³/mol. The summed E-state index contributed by atoms with van der Waals surface area (Å²) in [4.78, 5) is 0.0808. The normalized spacial score (nSPS) is 28.0. The number of allylic oxidation sites excluding steroid dienone is 2. The van der Waals surface area contributed by atoms with E-state index in [9.17, 15) is 8.42 Å². The van der Waals surface area contributed by atoms with Crippen LogP contribution in [0.5, 0.6) is 0 Å². The number of fused-ring (bicyclic) bond motifs is 2. The van der Waals surface area contributed by atoms with Gasteiger partial charge in [-0.3, -0.25) is 0 Å². The van der Waals surface area contributed by atoms with Gasteiger partial charge in [0.2, 0.25) is 10.0 Å². The first-order valence-electron chi connectivity index (χ1n) is 6.68. The Morgan fingerprint density at radius 3 is 2.70 bits per heavy atom. The van der Waals surface area contributed by atoms with E-state index >= 15 is 0 Å². The Morgan fingerprint density at radius 1 is 1.30 bits per heavy atom. The lowest BCUT2D eigenvalue weighted by Crippen LogP contribution is -2.19. The third-order valence-corrected chi connectivity index (χ3v) is 5.48. The third kappa shape index (κ3) is 2.71. The van der Waals surface area contributed by atoms with Crippen molar-refractivity contribution in [3.05, 3.63) is 35.4 Å². The lowest BCUT2D eigenvalue weighted by molar-refractivity contribution is 0.472. The number of nitrogens with one attached hydrogen (secondary N) is 1. The van der Waals surface area contributed by atoms with Gasteiger partial charge in [-0.1, -0.05) is 23.8 Å². The first-order valence-corrected chi connectivity index (χ1v) is 8.60. The smallest absolute Gasteiger partial charge is 0.238 e. The summed E-state index contributed by atoms with van der Waals surface area (Å²) in [5.74, 6) is 1.96. The molecule has 0 radical (unpaired) electrons. The predicted octanol–water partition coefficient (Wildman–Crippen LogP) is 2.61. The molecule has 1 saturated carbocycles. The molecule has 0 heterocycles. The molecule has 20 heavy (non-hydrogen) atoms. The van der Waals surface area contributed by atoms with Gasteiger partial charge in [-0.05, 0) is 48.8 Å². The Balaban J connectivity index is 1.72. The average Bonchev–Trinajstić information content (AvgIpc) is 2.98. The van der Waals surface area contributed by atoms with Gasteiger partial charge in [-0.15, -0.1) is 0 Å². The first-order chi connectivity index (χ1) is 9.43. The van der Waals surface area contributed by atoms with Crippen molar-refractivity contribution in [1.82, 2.24) is 0 Å². The molecule has 0 amide bonds. The molecule has 108 valence electrons. The monoisotopic (exact) mass is 312 g/mol. The molecule has 2 aliphatic rings. The maximum atomic E-state index is 11.4. The molecule has 4 nitrogen and oxygen atoms in total. The van der Waals surface area contributed by atoms with Crippen LogP contribution in [0.25, 0.3) is 0 Å². The van der Waals surface area contributed by atoms with Crippen LogP contribution in [0.1, 0.15) is 12.8 Å². The number of primary sulfonamides is 1. The molecule has 3 N–H and O–H groups in total. The number of rotatable bonds is 4. The highest BCUT2D eigenvalue weighted by atomic mass is 35.5. The van der Waals surface area contributed by atoms with Crippen molar-refractivity contribution >= 4 is 27.3 Å². The molecule has 1 fully saturated rings. The fourth-order valence-corrected chi connectivity index (χ4v) is 3.91. The van der Waals surface area contributed by atoms with Crippen molar-refractivity contribution in [2.24, 2.45) is 22.9 Å². The Hall–Kier alpha value is -1.04. The standard InChI is InChI=1S/C14H17ClN2O2S/c15-13-4-3-12(20(16,18)19)7-14(13)17-8-11-6-9-1-2-10(11)5-9/h1-4,7,9-11,17H,5-6,8H2,(H2,16,18,19). The lowest BCUT2D eigenvalue weighted by Gasteiger charge is -2.20. The molecule has 1 aromatic rings. The molecular weight excluding hydrogens is 296 g/mol. The summed E-state index contributed by atoms with van der Waals surface area (Å²) < 4.78 is 22.7. The summed E-state index contributed by atoms with van der Waals surface area (Å²) >= 11 is 6.10. The van der Waals surface area contributed by atoms with E-state index in [1.165, 1.54) is 25.0 Å². The van der Waals surface area contributed by atoms with Crippen LogP contribution in [0.2, 0.25) is 5.02 Å². The zero-order valence-corrected chi connectivity index (χ0v) is 12.5. The summed E-state index contributed by atoms with van der Waals surface area (Å²) in [6, 6.07) is 4.48. The molecule has 1 aromatic carbocycles. The van der Waals surface area contributed by atoms with Crippen LogP contribution in [-0.4, -0.2) is 15.0 Å². The molecule has 0 saturated heterocycles. The second kappa shape index (κ2) is 5.06. The van der Waals surface area contributed by atoms with Crippen molar-refractivity contribution < 1.29 is 8.42 Å². The van der Waals surface area contributed by atoms with E-state index in [2.05, 4.69) is 17.5 Å². The van der Waals surface area contributed by atoms with Crippen LogP contribution < -0.4 is 10.5 Å². The summed E-state index contributed by atoms with van der Waals surface area (Å²) in [6.45, 7) is 0.805. The SMILES string of the molecule is NS(=O)(=O)c1ccc(Cl)c(NCC2CC3C=CC2C3)c1. The summed E-state index contributed by atoms with van der Waals surface area (Å²) in [7, 11) is -3.70. The van der Waals surface area contributed by atoms with Gasteiger partial charge >= 0.3 is 0 Å². The van der Waals surface area contributed by atoms with Gasteiger partial charge in [0.15, 0.2) is 0 Å². The number of hydrogen-bond donors (Lipinski definition) is 2. The molecule has 3 atom stereocenters. The Kier molecular flexibility index (Phi) is 3.52. The number of sulfonamides is 1. The highest BCUT2D eigenvalue weighted by Gasteiger charge is 2.35. The summed E-state index contributed by atoms with van der Waals surface area (Å²) in [5, 5.41) is 8.91. The molecule has 0 spiro atoms. The van der Waals surface area contributed by atoms with Crippen LogP contribution in [0, 0.1) is 17.8 Å². The molecule has 2 bridgehead atoms. The van der Waals surface area contributed by atoms with E-state index in [1.54, 1.807) is 6.07 Å². The number of nitrogens with two attached hydrogens (primary N) is 1. The van der Waals surface area contributed by atoms with Crippen molar-refractivity contribution in [1.29, 1.82) is 0 Å². The molecular formula is C14H17ClN2O2S. The average molecular weight is 313 g/mol. The number of hydrogen-bond acceptors (Lipinski definition) is 3. The molecule has 3 rings (SSSR count). The molecule has 2 aliphatic carbocycles. The van der Waals surface area contributed by atoms with Gasteiger partial charge in [0, 0.05) is 6.54 Å². The van der Waals surface area contributed by atoms with Crippen molar-refractivity contribution in [2.75, 3.05) is 11.9 Å². The van der Waals surface area contributed by atoms with Crippen LogP contribution in [0.4, 0.5) is 5.69 Å². The van der Waals surface area contributed by atoms with Gasteiger partial charge in [0.05, 0.1) is 15.6 Å². The van der Waals surface area contributed by atoms with Gasteiger partial charge < -0.3 is 5.32 Å². The van der Waals surface area contributed by atoms with Crippen LogP contribution in [-0.2, 0) is 10.0 Å². The second-order valence-corrected chi connectivity index (χ2v) is 7.58. The van der Waals surface area contributed by atoms with Crippen LogP contribution in [0.3, 0.4) is 0 Å². The zero-order chi connectivity index (χ0) is 14.3. The minimum atomic E-state index is -3.70. The highest BCUT2D eigenvalue weighted by molar-refractivity contribution is 7.89. The maximum absolute atomic E-state index is 11.4. The Bertz CT molecular complexity index is 657. The van der Waals surface area contributed by atoms with E-state index in [1.807, 2.05) is 0 Å². The first kappa shape index (κ1) is 13.9. The largest absolute Gasteiger partial charge is 0.384 e. The lowest BCUT2D eigenvalue weighted by atomic mass is 9.93. The number of benzene rings is 1. The highest BCUT2D eigenvalue weighted by Crippen LogP contribution is 2.43. The maximum Gasteiger partial charge on any atom is 0.238 e. The molecule has 0 aromatic heterocycles. The van der Waals surface area contributed by atoms with E-state index in [4.69, 9.17) is 16.7 Å². The molecule has 6 heteroatoms. The fraction of sp³-hybridized carbons (Fsp3) is 0.429. The second-order valence-electron chi connectivity index (χ2n) is 5.61. The minimum absolute atomic E-state index is 0.0808. The third-order valence-electron chi connectivity index (χ3n) is 4.24. The summed E-state index contributed by atoms with van der Waals surface area (Å²) in [6.07, 6.45) is 7.04. The number of halogens is 1. The van der Waals surface area contributed by atoms with E-state index in [0.717, 1.165) is 12.5 Å². The zero-order valence-electron chi connectivity index (χ0n) is 10.9. The number of anilines is 1. The quantitative estimate of drug-likeness (QED) is 0.839. The van der Waals surface area contributed by atoms with Gasteiger partial charge in [0.1, 0.15) is 0 Å². The van der Waals surface area contributed by atoms with Gasteiger partial charge in [0.25, 0.3) is 0 Å². The van der Waals surface area contributed by atoms with E-state index in [-0.39, 0.29) is 4.90 Å². The van der Waals surface area contributed by atoms with Crippen LogP contribution >= 0.6 is 11.6 Å². The van der Waals surface area contributed by atoms with Gasteiger partial charge in [-0.25, -0.2) is 13.6 Å². The Labute approximate surface area is 124 Å². The molecule has 0 aliphatic heterocycles. The van der Waals surface area contributed by atoms with Crippen molar-refractivity contribution in [3.63, 3.8) is 0 Å².